The Morgan fingerprint density at radius 3 is 2.19 bits per heavy atom. The number of hydrogen-bond donors (Lipinski definition) is 4. The molecule has 0 spiro atoms. The maximum Gasteiger partial charge on any atom is 0.410 e. The summed E-state index contributed by atoms with van der Waals surface area (Å²) in [6, 6.07) is 12.2. The third kappa shape index (κ3) is 9.75. The van der Waals surface area contributed by atoms with Gasteiger partial charge in [-0.3, -0.25) is 9.52 Å². The number of nitrogens with zero attached hydrogens (tertiary/aromatic N) is 4. The summed E-state index contributed by atoms with van der Waals surface area (Å²) in [5, 5.41) is 6.37. The van der Waals surface area contributed by atoms with Gasteiger partial charge in [-0.1, -0.05) is 44.5 Å². The van der Waals surface area contributed by atoms with E-state index in [1.165, 1.54) is 12.3 Å². The standard InChI is InChI=1S/C31H41ClN8O6S/c1-30(2,3)27(41)38-47(43,44)37-23-11-9-8-10-22(23)34-26-21(32)19-33-28(36-26)35-24-13-12-20(18-25(24)45-7)39-14-16-40(17-15-39)29(42)46-31(4,5)6/h8-13,18-19,37H,14-17H2,1-7H3,(H,38,41)(H2,33,34,35,36). The van der Waals surface area contributed by atoms with Crippen molar-refractivity contribution in [2.24, 2.45) is 5.41 Å². The molecule has 0 atom stereocenters. The molecule has 1 aliphatic heterocycles. The summed E-state index contributed by atoms with van der Waals surface area (Å²) < 4.78 is 40.9. The number of benzene rings is 2. The van der Waals surface area contributed by atoms with E-state index >= 15 is 0 Å². The van der Waals surface area contributed by atoms with Crippen LogP contribution in [-0.2, 0) is 19.7 Å². The molecule has 2 heterocycles. The Balaban J connectivity index is 1.46. The number of ether oxygens (including phenoxy) is 2. The zero-order valence-electron chi connectivity index (χ0n) is 27.5. The van der Waals surface area contributed by atoms with Gasteiger partial charge in [0.1, 0.15) is 16.4 Å². The predicted octanol–water partition coefficient (Wildman–Crippen LogP) is 5.50. The molecule has 4 N–H and O–H groups in total. The molecule has 4 rings (SSSR count). The minimum Gasteiger partial charge on any atom is -0.494 e. The van der Waals surface area contributed by atoms with E-state index in [1.807, 2.05) is 43.7 Å². The van der Waals surface area contributed by atoms with Crippen LogP contribution in [-0.4, -0.2) is 74.2 Å². The molecule has 1 fully saturated rings. The normalized spacial score (nSPS) is 13.9. The third-order valence-electron chi connectivity index (χ3n) is 6.80. The lowest BCUT2D eigenvalue weighted by atomic mass is 9.96. The number of carbonyl (C=O) groups is 2. The maximum atomic E-state index is 12.7. The Morgan fingerprint density at radius 2 is 1.57 bits per heavy atom. The van der Waals surface area contributed by atoms with Gasteiger partial charge in [0.25, 0.3) is 0 Å². The van der Waals surface area contributed by atoms with E-state index in [1.54, 1.807) is 51.0 Å². The smallest absolute Gasteiger partial charge is 0.410 e. The summed E-state index contributed by atoms with van der Waals surface area (Å²) in [6.07, 6.45) is 1.08. The van der Waals surface area contributed by atoms with Crippen LogP contribution >= 0.6 is 11.6 Å². The Labute approximate surface area is 280 Å². The molecule has 1 saturated heterocycles. The van der Waals surface area contributed by atoms with Gasteiger partial charge in [-0.05, 0) is 45.0 Å². The highest BCUT2D eigenvalue weighted by molar-refractivity contribution is 7.91. The molecule has 2 amide bonds. The molecule has 1 aliphatic rings. The van der Waals surface area contributed by atoms with E-state index in [0.29, 0.717) is 43.3 Å². The van der Waals surface area contributed by atoms with Gasteiger partial charge in [0, 0.05) is 43.3 Å². The lowest BCUT2D eigenvalue weighted by Crippen LogP contribution is -2.50. The molecular formula is C31H41ClN8O6S. The average molecular weight is 689 g/mol. The summed E-state index contributed by atoms with van der Waals surface area (Å²) >= 11 is 6.41. The Morgan fingerprint density at radius 1 is 0.915 bits per heavy atom. The Bertz CT molecular complexity index is 1720. The van der Waals surface area contributed by atoms with Crippen molar-refractivity contribution < 1.29 is 27.5 Å². The van der Waals surface area contributed by atoms with Gasteiger partial charge in [-0.2, -0.15) is 13.4 Å². The number of para-hydroxylation sites is 2. The van der Waals surface area contributed by atoms with E-state index < -0.39 is 27.1 Å². The zero-order valence-corrected chi connectivity index (χ0v) is 29.0. The van der Waals surface area contributed by atoms with Gasteiger partial charge >= 0.3 is 16.3 Å². The van der Waals surface area contributed by atoms with Gasteiger partial charge in [0.05, 0.1) is 30.4 Å². The molecule has 0 bridgehead atoms. The number of carbonyl (C=O) groups excluding carboxylic acids is 2. The first-order valence-electron chi connectivity index (χ1n) is 14.9. The van der Waals surface area contributed by atoms with E-state index in [2.05, 4.69) is 30.2 Å². The van der Waals surface area contributed by atoms with Gasteiger partial charge < -0.3 is 29.9 Å². The minimum absolute atomic E-state index is 0.162. The van der Waals surface area contributed by atoms with E-state index in [-0.39, 0.29) is 28.6 Å². The molecule has 1 aromatic heterocycles. The zero-order chi connectivity index (χ0) is 34.6. The van der Waals surface area contributed by atoms with Crippen LogP contribution < -0.4 is 29.7 Å². The van der Waals surface area contributed by atoms with Crippen LogP contribution in [0, 0.1) is 5.41 Å². The molecule has 2 aromatic carbocycles. The number of piperazine rings is 1. The lowest BCUT2D eigenvalue weighted by Gasteiger charge is -2.37. The highest BCUT2D eigenvalue weighted by Gasteiger charge is 2.28. The molecule has 0 unspecified atom stereocenters. The third-order valence-corrected chi connectivity index (χ3v) is 8.02. The molecular weight excluding hydrogens is 648 g/mol. The Hall–Kier alpha value is -4.50. The number of aromatic nitrogens is 2. The Kier molecular flexibility index (Phi) is 10.6. The second-order valence-electron chi connectivity index (χ2n) is 12.8. The number of rotatable bonds is 9. The average Bonchev–Trinajstić information content (AvgIpc) is 2.98. The number of halogens is 1. The van der Waals surface area contributed by atoms with Crippen LogP contribution in [0.2, 0.25) is 5.02 Å². The van der Waals surface area contributed by atoms with Crippen LogP contribution in [0.1, 0.15) is 41.5 Å². The lowest BCUT2D eigenvalue weighted by molar-refractivity contribution is -0.126. The van der Waals surface area contributed by atoms with Crippen molar-refractivity contribution in [3.8, 4) is 5.75 Å². The summed E-state index contributed by atoms with van der Waals surface area (Å²) in [5.41, 5.74) is 0.558. The molecule has 14 nitrogen and oxygen atoms in total. The number of methoxy groups -OCH3 is 1. The van der Waals surface area contributed by atoms with Crippen molar-refractivity contribution in [3.05, 3.63) is 53.7 Å². The summed E-state index contributed by atoms with van der Waals surface area (Å²) in [5.74, 6) is 0.286. The molecule has 0 saturated carbocycles. The van der Waals surface area contributed by atoms with E-state index in [4.69, 9.17) is 21.1 Å². The number of anilines is 6. The SMILES string of the molecule is COc1cc(N2CCN(C(=O)OC(C)(C)C)CC2)ccc1Nc1ncc(Cl)c(Nc2ccccc2NS(=O)(=O)NC(=O)C(C)(C)C)n1. The second-order valence-corrected chi connectivity index (χ2v) is 14.6. The van der Waals surface area contributed by atoms with Gasteiger partial charge in [0.15, 0.2) is 5.82 Å². The molecule has 0 radical (unpaired) electrons. The minimum atomic E-state index is -4.23. The summed E-state index contributed by atoms with van der Waals surface area (Å²) in [6.45, 7) is 12.7. The fourth-order valence-electron chi connectivity index (χ4n) is 4.34. The molecule has 3 aromatic rings. The topological polar surface area (TPSA) is 167 Å². The summed E-state index contributed by atoms with van der Waals surface area (Å²) in [4.78, 5) is 37.4. The van der Waals surface area contributed by atoms with E-state index in [9.17, 15) is 18.0 Å². The highest BCUT2D eigenvalue weighted by Crippen LogP contribution is 2.34. The number of hydrogen-bond acceptors (Lipinski definition) is 11. The summed E-state index contributed by atoms with van der Waals surface area (Å²) in [7, 11) is -2.67. The van der Waals surface area contributed by atoms with Crippen molar-refractivity contribution in [2.45, 2.75) is 47.1 Å². The van der Waals surface area contributed by atoms with E-state index in [0.717, 1.165) is 5.69 Å². The predicted molar refractivity (Wildman–Crippen MR) is 183 cm³/mol. The molecule has 47 heavy (non-hydrogen) atoms. The van der Waals surface area contributed by atoms with Gasteiger partial charge in [0.2, 0.25) is 11.9 Å². The van der Waals surface area contributed by atoms with Crippen LogP contribution in [0.25, 0.3) is 0 Å². The van der Waals surface area contributed by atoms with Crippen molar-refractivity contribution in [1.29, 1.82) is 0 Å². The molecule has 254 valence electrons. The first-order valence-corrected chi connectivity index (χ1v) is 16.7. The van der Waals surface area contributed by atoms with Crippen molar-refractivity contribution >= 4 is 68.3 Å². The number of amides is 2. The quantitative estimate of drug-likeness (QED) is 0.224. The van der Waals surface area contributed by atoms with Crippen LogP contribution in [0.5, 0.6) is 5.75 Å². The van der Waals surface area contributed by atoms with Gasteiger partial charge in [-0.25, -0.2) is 14.5 Å². The number of nitrogens with one attached hydrogen (secondary N) is 4. The maximum absolute atomic E-state index is 12.7. The molecule has 0 aliphatic carbocycles. The van der Waals surface area contributed by atoms with Crippen molar-refractivity contribution in [2.75, 3.05) is 53.5 Å². The first kappa shape index (κ1) is 35.4. The first-order chi connectivity index (χ1) is 21.9. The highest BCUT2D eigenvalue weighted by atomic mass is 35.5. The largest absolute Gasteiger partial charge is 0.494 e. The fourth-order valence-corrected chi connectivity index (χ4v) is 5.55. The van der Waals surface area contributed by atoms with Crippen molar-refractivity contribution in [3.63, 3.8) is 0 Å². The molecule has 16 heteroatoms. The monoisotopic (exact) mass is 688 g/mol. The van der Waals surface area contributed by atoms with Crippen LogP contribution in [0.3, 0.4) is 0 Å². The van der Waals surface area contributed by atoms with Crippen molar-refractivity contribution in [1.82, 2.24) is 19.6 Å². The van der Waals surface area contributed by atoms with Crippen LogP contribution in [0.4, 0.5) is 39.3 Å². The van der Waals surface area contributed by atoms with Gasteiger partial charge in [-0.15, -0.1) is 0 Å². The second kappa shape index (κ2) is 14.1. The van der Waals surface area contributed by atoms with Crippen LogP contribution in [0.15, 0.2) is 48.7 Å². The fraction of sp³-hybridized carbons (Fsp3) is 0.419.